The fraction of sp³-hybridized carbons (Fsp3) is 0.438. The van der Waals surface area contributed by atoms with Crippen molar-refractivity contribution in [1.82, 2.24) is 4.90 Å². The maximum absolute atomic E-state index is 12.5. The van der Waals surface area contributed by atoms with E-state index in [0.29, 0.717) is 16.3 Å². The molecule has 10 heteroatoms. The molecule has 1 aliphatic heterocycles. The van der Waals surface area contributed by atoms with Gasteiger partial charge in [-0.05, 0) is 24.3 Å². The summed E-state index contributed by atoms with van der Waals surface area (Å²) in [7, 11) is 1.45. The molecule has 0 spiro atoms. The number of carbonyl (C=O) groups excluding carboxylic acids is 2. The van der Waals surface area contributed by atoms with E-state index in [1.54, 1.807) is 0 Å². The van der Waals surface area contributed by atoms with Gasteiger partial charge in [0.05, 0.1) is 5.92 Å². The molecule has 1 aromatic carbocycles. The van der Waals surface area contributed by atoms with Crippen molar-refractivity contribution < 1.29 is 37.4 Å². The lowest BCUT2D eigenvalue weighted by Crippen LogP contribution is -2.37. The Labute approximate surface area is 146 Å². The second-order valence-corrected chi connectivity index (χ2v) is 5.86. The average Bonchev–Trinajstić information content (AvgIpc) is 2.91. The van der Waals surface area contributed by atoms with Gasteiger partial charge in [0, 0.05) is 25.7 Å². The molecule has 0 aromatic heterocycles. The smallest absolute Gasteiger partial charge is 0.406 e. The highest BCUT2D eigenvalue weighted by molar-refractivity contribution is 5.98. The van der Waals surface area contributed by atoms with Crippen LogP contribution >= 0.6 is 0 Å². The van der Waals surface area contributed by atoms with E-state index in [1.807, 2.05) is 0 Å². The Hall–Kier alpha value is -2.78. The number of halogens is 3. The van der Waals surface area contributed by atoms with E-state index >= 15 is 0 Å². The highest BCUT2D eigenvalue weighted by atomic mass is 19.4. The van der Waals surface area contributed by atoms with Gasteiger partial charge in [-0.15, -0.1) is 0 Å². The molecule has 1 unspecified atom stereocenters. The van der Waals surface area contributed by atoms with Gasteiger partial charge in [-0.25, -0.2) is 4.79 Å². The van der Waals surface area contributed by atoms with Crippen LogP contribution in [0.25, 0.3) is 0 Å². The molecule has 1 fully saturated rings. The predicted molar refractivity (Wildman–Crippen MR) is 83.7 cm³/mol. The van der Waals surface area contributed by atoms with E-state index in [9.17, 15) is 27.6 Å². The Morgan fingerprint density at radius 1 is 1.31 bits per heavy atom. The Morgan fingerprint density at radius 3 is 2.46 bits per heavy atom. The van der Waals surface area contributed by atoms with Crippen molar-refractivity contribution in [1.29, 1.82) is 0 Å². The van der Waals surface area contributed by atoms with Crippen LogP contribution in [0.3, 0.4) is 0 Å². The average molecular weight is 374 g/mol. The van der Waals surface area contributed by atoms with Gasteiger partial charge in [0.1, 0.15) is 12.3 Å². The summed E-state index contributed by atoms with van der Waals surface area (Å²) in [4.78, 5) is 36.5. The van der Waals surface area contributed by atoms with Gasteiger partial charge in [-0.2, -0.15) is 13.2 Å². The summed E-state index contributed by atoms with van der Waals surface area (Å²) in [6.45, 7) is -2.15. The number of nitrogens with zero attached hydrogens (tertiary/aromatic N) is 2. The summed E-state index contributed by atoms with van der Waals surface area (Å²) in [5.41, 5.74) is 0.444. The number of carbonyl (C=O) groups is 3. The maximum atomic E-state index is 12.5. The minimum absolute atomic E-state index is 0.265. The van der Waals surface area contributed by atoms with Crippen molar-refractivity contribution in [3.05, 3.63) is 24.3 Å². The summed E-state index contributed by atoms with van der Waals surface area (Å²) in [6.07, 6.45) is -4.77. The van der Waals surface area contributed by atoms with Crippen LogP contribution in [0.2, 0.25) is 0 Å². The fourth-order valence-corrected chi connectivity index (χ4v) is 2.62. The molecule has 26 heavy (non-hydrogen) atoms. The molecule has 142 valence electrons. The van der Waals surface area contributed by atoms with Crippen LogP contribution in [-0.4, -0.2) is 60.7 Å². The monoisotopic (exact) mass is 374 g/mol. The minimum atomic E-state index is -4.51. The number of aliphatic carboxylic acids is 1. The molecule has 1 saturated heterocycles. The zero-order valence-electron chi connectivity index (χ0n) is 13.8. The van der Waals surface area contributed by atoms with Crippen LogP contribution in [0.5, 0.6) is 5.75 Å². The number of amides is 2. The molecule has 0 bridgehead atoms. The topological polar surface area (TPSA) is 87.2 Å². The number of alkyl halides is 3. The van der Waals surface area contributed by atoms with Gasteiger partial charge in [0.2, 0.25) is 11.8 Å². The lowest BCUT2D eigenvalue weighted by Gasteiger charge is -2.22. The van der Waals surface area contributed by atoms with Crippen LogP contribution in [-0.2, 0) is 14.4 Å². The fourth-order valence-electron chi connectivity index (χ4n) is 2.62. The molecule has 1 aliphatic rings. The maximum Gasteiger partial charge on any atom is 0.406 e. The first-order valence-electron chi connectivity index (χ1n) is 7.63. The first kappa shape index (κ1) is 19.5. The first-order valence-corrected chi connectivity index (χ1v) is 7.63. The number of hydrogen-bond donors (Lipinski definition) is 1. The molecule has 7 nitrogen and oxygen atoms in total. The highest BCUT2D eigenvalue weighted by Gasteiger charge is 2.41. The van der Waals surface area contributed by atoms with Crippen molar-refractivity contribution in [3.8, 4) is 5.75 Å². The van der Waals surface area contributed by atoms with Gasteiger partial charge < -0.3 is 19.6 Å². The molecule has 2 amide bonds. The normalized spacial score (nSPS) is 17.3. The molecule has 1 aromatic rings. The number of anilines is 1. The van der Waals surface area contributed by atoms with Gasteiger partial charge in [0.25, 0.3) is 0 Å². The van der Waals surface area contributed by atoms with Crippen LogP contribution in [0, 0.1) is 5.92 Å². The summed E-state index contributed by atoms with van der Waals surface area (Å²) in [5.74, 6) is -2.86. The van der Waals surface area contributed by atoms with Gasteiger partial charge in [0.15, 0.2) is 6.61 Å². The third-order valence-corrected chi connectivity index (χ3v) is 3.85. The second-order valence-electron chi connectivity index (χ2n) is 5.86. The molecule has 0 radical (unpaired) electrons. The zero-order valence-corrected chi connectivity index (χ0v) is 13.8. The van der Waals surface area contributed by atoms with E-state index in [-0.39, 0.29) is 13.0 Å². The SMILES string of the molecule is CN(C(=O)C1CC(=O)N(CC(F)(F)F)C1)c1ccc(OCC(=O)O)cc1. The van der Waals surface area contributed by atoms with Crippen LogP contribution < -0.4 is 9.64 Å². The van der Waals surface area contributed by atoms with Crippen molar-refractivity contribution in [2.45, 2.75) is 12.6 Å². The summed E-state index contributed by atoms with van der Waals surface area (Å²) in [6, 6.07) is 5.97. The molecule has 1 atom stereocenters. The Kier molecular flexibility index (Phi) is 5.73. The van der Waals surface area contributed by atoms with E-state index in [0.717, 1.165) is 0 Å². The number of ether oxygens (including phenoxy) is 1. The predicted octanol–water partition coefficient (Wildman–Crippen LogP) is 1.52. The van der Waals surface area contributed by atoms with Gasteiger partial charge in [-0.3, -0.25) is 9.59 Å². The third-order valence-electron chi connectivity index (χ3n) is 3.85. The van der Waals surface area contributed by atoms with Crippen molar-refractivity contribution >= 4 is 23.5 Å². The Morgan fingerprint density at radius 2 is 1.92 bits per heavy atom. The highest BCUT2D eigenvalue weighted by Crippen LogP contribution is 2.27. The van der Waals surface area contributed by atoms with Crippen LogP contribution in [0.15, 0.2) is 24.3 Å². The van der Waals surface area contributed by atoms with Crippen molar-refractivity contribution in [2.24, 2.45) is 5.92 Å². The van der Waals surface area contributed by atoms with Crippen LogP contribution in [0.1, 0.15) is 6.42 Å². The molecule has 0 saturated carbocycles. The third kappa shape index (κ3) is 5.11. The summed E-state index contributed by atoms with van der Waals surface area (Å²) >= 11 is 0. The molecular weight excluding hydrogens is 357 g/mol. The molecule has 0 aliphatic carbocycles. The molecule has 1 heterocycles. The van der Waals surface area contributed by atoms with Crippen molar-refractivity contribution in [2.75, 3.05) is 31.6 Å². The zero-order chi connectivity index (χ0) is 19.5. The number of carboxylic acids is 1. The molecule has 2 rings (SSSR count). The Bertz CT molecular complexity index is 690. The number of rotatable bonds is 6. The molecular formula is C16H17F3N2O5. The second kappa shape index (κ2) is 7.63. The number of likely N-dealkylation sites (tertiary alicyclic amines) is 1. The quantitative estimate of drug-likeness (QED) is 0.816. The number of benzene rings is 1. The van der Waals surface area contributed by atoms with E-state index in [4.69, 9.17) is 9.84 Å². The lowest BCUT2D eigenvalue weighted by molar-refractivity contribution is -0.157. The minimum Gasteiger partial charge on any atom is -0.482 e. The lowest BCUT2D eigenvalue weighted by atomic mass is 10.1. The first-order chi connectivity index (χ1) is 12.1. The largest absolute Gasteiger partial charge is 0.482 e. The van der Waals surface area contributed by atoms with Gasteiger partial charge in [-0.1, -0.05) is 0 Å². The van der Waals surface area contributed by atoms with E-state index in [2.05, 4.69) is 0 Å². The van der Waals surface area contributed by atoms with E-state index in [1.165, 1.54) is 36.2 Å². The van der Waals surface area contributed by atoms with E-state index < -0.39 is 43.0 Å². The van der Waals surface area contributed by atoms with Gasteiger partial charge >= 0.3 is 12.1 Å². The summed E-state index contributed by atoms with van der Waals surface area (Å²) in [5, 5.41) is 8.55. The van der Waals surface area contributed by atoms with Crippen molar-refractivity contribution in [3.63, 3.8) is 0 Å². The molecule has 1 N–H and O–H groups in total. The Balaban J connectivity index is 1.99. The summed E-state index contributed by atoms with van der Waals surface area (Å²) < 4.78 is 42.3. The number of hydrogen-bond acceptors (Lipinski definition) is 4. The van der Waals surface area contributed by atoms with Crippen LogP contribution in [0.4, 0.5) is 18.9 Å². The number of carboxylic acid groups (broad SMARTS) is 1. The standard InChI is InChI=1S/C16H17F3N2O5/c1-20(11-2-4-12(5-3-11)26-8-14(23)24)15(25)10-6-13(22)21(7-10)9-16(17,18)19/h2-5,10H,6-9H2,1H3,(H,23,24).